The van der Waals surface area contributed by atoms with Crippen molar-refractivity contribution in [1.82, 2.24) is 5.32 Å². The van der Waals surface area contributed by atoms with Crippen LogP contribution < -0.4 is 15.5 Å². The average molecular weight is 343 g/mol. The zero-order valence-electron chi connectivity index (χ0n) is 13.5. The summed E-state index contributed by atoms with van der Waals surface area (Å²) in [7, 11) is 0. The molecule has 0 atom stereocenters. The molecule has 2 aromatic rings. The molecule has 1 aromatic carbocycles. The molecule has 0 unspecified atom stereocenters. The number of urea groups is 1. The van der Waals surface area contributed by atoms with Gasteiger partial charge in [0.15, 0.2) is 0 Å². The molecule has 1 aliphatic heterocycles. The fraction of sp³-hybridized carbons (Fsp3) is 0.333. The first kappa shape index (κ1) is 16.5. The molecule has 3 rings (SSSR count). The molecule has 126 valence electrons. The average Bonchev–Trinajstić information content (AvgIpc) is 3.09. The van der Waals surface area contributed by atoms with E-state index in [0.717, 1.165) is 37.2 Å². The summed E-state index contributed by atoms with van der Waals surface area (Å²) in [6.45, 7) is 1.42. The Morgan fingerprint density at radius 1 is 1.29 bits per heavy atom. The Morgan fingerprint density at radius 2 is 2.21 bits per heavy atom. The van der Waals surface area contributed by atoms with E-state index < -0.39 is 0 Å². The van der Waals surface area contributed by atoms with Crippen molar-refractivity contribution >= 4 is 34.6 Å². The summed E-state index contributed by atoms with van der Waals surface area (Å²) in [5, 5.41) is 7.81. The highest BCUT2D eigenvalue weighted by Gasteiger charge is 2.19. The van der Waals surface area contributed by atoms with E-state index in [1.807, 2.05) is 30.3 Å². The van der Waals surface area contributed by atoms with E-state index in [1.165, 1.54) is 4.88 Å². The van der Waals surface area contributed by atoms with E-state index in [1.54, 1.807) is 16.2 Å². The van der Waals surface area contributed by atoms with Gasteiger partial charge in [-0.2, -0.15) is 0 Å². The summed E-state index contributed by atoms with van der Waals surface area (Å²) in [4.78, 5) is 27.0. The van der Waals surface area contributed by atoms with Crippen molar-refractivity contribution in [3.05, 3.63) is 46.7 Å². The molecule has 1 aliphatic rings. The maximum absolute atomic E-state index is 12.1. The molecule has 0 aliphatic carbocycles. The number of carbonyl (C=O) groups excluding carboxylic acids is 2. The van der Waals surface area contributed by atoms with Crippen molar-refractivity contribution in [2.24, 2.45) is 0 Å². The molecular formula is C18H21N3O2S. The van der Waals surface area contributed by atoms with Crippen LogP contribution in [0.2, 0.25) is 0 Å². The normalized spacial score (nSPS) is 14.3. The van der Waals surface area contributed by atoms with E-state index in [2.05, 4.69) is 22.1 Å². The van der Waals surface area contributed by atoms with Crippen molar-refractivity contribution in [3.63, 3.8) is 0 Å². The number of anilines is 2. The summed E-state index contributed by atoms with van der Waals surface area (Å²) in [5.74, 6) is 0.00630. The zero-order chi connectivity index (χ0) is 16.8. The van der Waals surface area contributed by atoms with Crippen LogP contribution in [0.15, 0.2) is 41.8 Å². The van der Waals surface area contributed by atoms with Gasteiger partial charge in [0.2, 0.25) is 5.91 Å². The lowest BCUT2D eigenvalue weighted by Gasteiger charge is -2.27. The third kappa shape index (κ3) is 4.35. The molecule has 3 amide bonds. The Labute approximate surface area is 145 Å². The molecular weight excluding hydrogens is 322 g/mol. The largest absolute Gasteiger partial charge is 0.338 e. The lowest BCUT2D eigenvalue weighted by atomic mass is 10.2. The van der Waals surface area contributed by atoms with E-state index in [4.69, 9.17) is 0 Å². The predicted molar refractivity (Wildman–Crippen MR) is 97.7 cm³/mol. The molecule has 1 aromatic heterocycles. The molecule has 1 saturated heterocycles. The van der Waals surface area contributed by atoms with Gasteiger partial charge in [0.25, 0.3) is 0 Å². The van der Waals surface area contributed by atoms with E-state index >= 15 is 0 Å². The SMILES string of the molecule is O=C(CCCc1cccs1)Nc1cccc(N2CCCNC2=O)c1. The topological polar surface area (TPSA) is 61.4 Å². The van der Waals surface area contributed by atoms with Crippen LogP contribution in [0.5, 0.6) is 0 Å². The number of aryl methyl sites for hydroxylation is 1. The summed E-state index contributed by atoms with van der Waals surface area (Å²) in [6.07, 6.45) is 3.18. The molecule has 6 heteroatoms. The van der Waals surface area contributed by atoms with Crippen LogP contribution in [-0.4, -0.2) is 25.0 Å². The van der Waals surface area contributed by atoms with Crippen LogP contribution in [0.4, 0.5) is 16.2 Å². The summed E-state index contributed by atoms with van der Waals surface area (Å²) in [6, 6.07) is 11.5. The number of amides is 3. The second-order valence-corrected chi connectivity index (χ2v) is 6.80. The monoisotopic (exact) mass is 343 g/mol. The highest BCUT2D eigenvalue weighted by molar-refractivity contribution is 7.09. The number of thiophene rings is 1. The summed E-state index contributed by atoms with van der Waals surface area (Å²) < 4.78 is 0. The van der Waals surface area contributed by atoms with Gasteiger partial charge >= 0.3 is 6.03 Å². The highest BCUT2D eigenvalue weighted by Crippen LogP contribution is 2.21. The van der Waals surface area contributed by atoms with Crippen LogP contribution in [0, 0.1) is 0 Å². The van der Waals surface area contributed by atoms with Gasteiger partial charge in [0.1, 0.15) is 0 Å². The molecule has 0 saturated carbocycles. The second kappa shape index (κ2) is 7.97. The van der Waals surface area contributed by atoms with Crippen molar-refractivity contribution in [2.45, 2.75) is 25.7 Å². The van der Waals surface area contributed by atoms with Crippen molar-refractivity contribution in [2.75, 3.05) is 23.3 Å². The lowest BCUT2D eigenvalue weighted by molar-refractivity contribution is -0.116. The van der Waals surface area contributed by atoms with E-state index in [9.17, 15) is 9.59 Å². The minimum atomic E-state index is -0.0827. The third-order valence-electron chi connectivity index (χ3n) is 3.93. The number of nitrogens with zero attached hydrogens (tertiary/aromatic N) is 1. The fourth-order valence-corrected chi connectivity index (χ4v) is 3.48. The van der Waals surface area contributed by atoms with Crippen LogP contribution in [0.1, 0.15) is 24.1 Å². The third-order valence-corrected chi connectivity index (χ3v) is 4.86. The fourth-order valence-electron chi connectivity index (χ4n) is 2.73. The van der Waals surface area contributed by atoms with Crippen LogP contribution in [-0.2, 0) is 11.2 Å². The Kier molecular flexibility index (Phi) is 5.48. The second-order valence-electron chi connectivity index (χ2n) is 5.77. The Bertz CT molecular complexity index is 700. The predicted octanol–water partition coefficient (Wildman–Crippen LogP) is 3.63. The Morgan fingerprint density at radius 3 is 3.00 bits per heavy atom. The number of hydrogen-bond donors (Lipinski definition) is 2. The maximum atomic E-state index is 12.1. The van der Waals surface area contributed by atoms with E-state index in [0.29, 0.717) is 13.0 Å². The molecule has 0 bridgehead atoms. The molecule has 5 nitrogen and oxygen atoms in total. The van der Waals surface area contributed by atoms with Crippen LogP contribution >= 0.6 is 11.3 Å². The van der Waals surface area contributed by atoms with Gasteiger partial charge in [-0.15, -0.1) is 11.3 Å². The first-order chi connectivity index (χ1) is 11.7. The van der Waals surface area contributed by atoms with Gasteiger partial charge in [0, 0.05) is 35.8 Å². The zero-order valence-corrected chi connectivity index (χ0v) is 14.3. The van der Waals surface area contributed by atoms with Crippen molar-refractivity contribution < 1.29 is 9.59 Å². The number of benzene rings is 1. The maximum Gasteiger partial charge on any atom is 0.321 e. The Hall–Kier alpha value is -2.34. The molecule has 0 spiro atoms. The van der Waals surface area contributed by atoms with Gasteiger partial charge in [0.05, 0.1) is 0 Å². The van der Waals surface area contributed by atoms with Gasteiger partial charge < -0.3 is 10.6 Å². The summed E-state index contributed by atoms with van der Waals surface area (Å²) >= 11 is 1.72. The molecule has 1 fully saturated rings. The van der Waals surface area contributed by atoms with Gasteiger partial charge in [-0.1, -0.05) is 12.1 Å². The smallest absolute Gasteiger partial charge is 0.321 e. The number of carbonyl (C=O) groups is 2. The molecule has 2 heterocycles. The number of rotatable bonds is 6. The van der Waals surface area contributed by atoms with Gasteiger partial charge in [-0.05, 0) is 48.9 Å². The molecule has 0 radical (unpaired) electrons. The van der Waals surface area contributed by atoms with Gasteiger partial charge in [-0.25, -0.2) is 4.79 Å². The van der Waals surface area contributed by atoms with Crippen LogP contribution in [0.3, 0.4) is 0 Å². The van der Waals surface area contributed by atoms with Crippen molar-refractivity contribution in [1.29, 1.82) is 0 Å². The summed E-state index contributed by atoms with van der Waals surface area (Å²) in [5.41, 5.74) is 1.54. The standard InChI is InChI=1S/C18H21N3O2S/c22-17(9-2-7-16-8-3-12-24-16)20-14-5-1-6-15(13-14)21-11-4-10-19-18(21)23/h1,3,5-6,8,12-13H,2,4,7,9-11H2,(H,19,23)(H,20,22). The number of hydrogen-bond acceptors (Lipinski definition) is 3. The first-order valence-electron chi connectivity index (χ1n) is 8.20. The molecule has 24 heavy (non-hydrogen) atoms. The highest BCUT2D eigenvalue weighted by atomic mass is 32.1. The quantitative estimate of drug-likeness (QED) is 0.841. The minimum absolute atomic E-state index is 0.00630. The van der Waals surface area contributed by atoms with Crippen LogP contribution in [0.25, 0.3) is 0 Å². The first-order valence-corrected chi connectivity index (χ1v) is 9.08. The van der Waals surface area contributed by atoms with Gasteiger partial charge in [-0.3, -0.25) is 9.69 Å². The minimum Gasteiger partial charge on any atom is -0.338 e. The molecule has 2 N–H and O–H groups in total. The Balaban J connectivity index is 1.53. The van der Waals surface area contributed by atoms with Crippen molar-refractivity contribution in [3.8, 4) is 0 Å². The number of nitrogens with one attached hydrogen (secondary N) is 2. The van der Waals surface area contributed by atoms with E-state index in [-0.39, 0.29) is 11.9 Å². The lowest BCUT2D eigenvalue weighted by Crippen LogP contribution is -2.46.